The van der Waals surface area contributed by atoms with E-state index >= 15 is 0 Å². The van der Waals surface area contributed by atoms with E-state index < -0.39 is 28.1 Å². The Balaban J connectivity index is 0.000000280. The van der Waals surface area contributed by atoms with Crippen LogP contribution in [0.4, 0.5) is 0 Å². The highest BCUT2D eigenvalue weighted by Crippen LogP contribution is 2.19. The SMILES string of the molecule is O=C(O)/C1=C/CCCCCCCCC1.O=C(O)c1ccccc1OS(=O)(=O)O. The molecular formula is C19H26O8S. The zero-order valence-corrected chi connectivity index (χ0v) is 16.4. The van der Waals surface area contributed by atoms with E-state index in [1.807, 2.05) is 6.08 Å². The Morgan fingerprint density at radius 2 is 1.43 bits per heavy atom. The molecule has 0 atom stereocenters. The molecule has 28 heavy (non-hydrogen) atoms. The first-order chi connectivity index (χ1) is 13.2. The van der Waals surface area contributed by atoms with E-state index in [4.69, 9.17) is 14.8 Å². The zero-order valence-electron chi connectivity index (χ0n) is 15.5. The number of carboxylic acids is 2. The first kappa shape index (κ1) is 23.6. The van der Waals surface area contributed by atoms with Gasteiger partial charge in [-0.15, -0.1) is 0 Å². The summed E-state index contributed by atoms with van der Waals surface area (Å²) >= 11 is 0. The molecule has 0 radical (unpaired) electrons. The van der Waals surface area contributed by atoms with Crippen LogP contribution in [0, 0.1) is 0 Å². The third kappa shape index (κ3) is 10.1. The van der Waals surface area contributed by atoms with Gasteiger partial charge in [-0.05, 0) is 37.8 Å². The highest BCUT2D eigenvalue weighted by atomic mass is 32.3. The number of para-hydroxylation sites is 1. The second-order valence-electron chi connectivity index (χ2n) is 6.36. The maximum atomic E-state index is 10.8. The molecule has 1 aromatic carbocycles. The fourth-order valence-corrected chi connectivity index (χ4v) is 3.12. The fraction of sp³-hybridized carbons (Fsp3) is 0.474. The number of carbonyl (C=O) groups is 2. The summed E-state index contributed by atoms with van der Waals surface area (Å²) in [4.78, 5) is 21.4. The van der Waals surface area contributed by atoms with E-state index in [2.05, 4.69) is 4.18 Å². The molecule has 0 saturated carbocycles. The number of benzene rings is 1. The molecule has 0 amide bonds. The number of carboxylic acid groups (broad SMARTS) is 2. The number of allylic oxidation sites excluding steroid dienone is 1. The van der Waals surface area contributed by atoms with Crippen molar-refractivity contribution in [3.05, 3.63) is 41.5 Å². The lowest BCUT2D eigenvalue weighted by Gasteiger charge is -2.03. The summed E-state index contributed by atoms with van der Waals surface area (Å²) in [6.07, 6.45) is 12.2. The average molecular weight is 414 g/mol. The van der Waals surface area contributed by atoms with E-state index in [-0.39, 0.29) is 5.56 Å². The Bertz CT molecular complexity index is 783. The van der Waals surface area contributed by atoms with Gasteiger partial charge in [0.2, 0.25) is 0 Å². The van der Waals surface area contributed by atoms with Gasteiger partial charge in [0, 0.05) is 5.57 Å². The van der Waals surface area contributed by atoms with E-state index in [9.17, 15) is 18.0 Å². The number of aliphatic carboxylic acids is 1. The Morgan fingerprint density at radius 1 is 0.857 bits per heavy atom. The predicted octanol–water partition coefficient (Wildman–Crippen LogP) is 4.09. The van der Waals surface area contributed by atoms with Gasteiger partial charge in [-0.1, -0.05) is 50.3 Å². The second-order valence-corrected chi connectivity index (χ2v) is 7.38. The Labute approximate surface area is 164 Å². The lowest BCUT2D eigenvalue weighted by atomic mass is 10.1. The minimum Gasteiger partial charge on any atom is -0.478 e. The van der Waals surface area contributed by atoms with Gasteiger partial charge in [0.05, 0.1) is 0 Å². The smallest absolute Gasteiger partial charge is 0.446 e. The van der Waals surface area contributed by atoms with Crippen molar-refractivity contribution < 1.29 is 37.0 Å². The summed E-state index contributed by atoms with van der Waals surface area (Å²) in [6, 6.07) is 5.06. The molecule has 0 aromatic heterocycles. The van der Waals surface area contributed by atoms with Gasteiger partial charge in [0.15, 0.2) is 5.75 Å². The largest absolute Gasteiger partial charge is 0.478 e. The molecule has 1 aromatic rings. The molecule has 2 rings (SSSR count). The first-order valence-electron chi connectivity index (χ1n) is 9.12. The molecule has 9 heteroatoms. The van der Waals surface area contributed by atoms with Crippen LogP contribution < -0.4 is 4.18 Å². The fourth-order valence-electron chi connectivity index (χ4n) is 2.75. The molecule has 0 bridgehead atoms. The normalized spacial score (nSPS) is 17.7. The number of aromatic carboxylic acids is 1. The highest BCUT2D eigenvalue weighted by Gasteiger charge is 2.15. The highest BCUT2D eigenvalue weighted by molar-refractivity contribution is 7.81. The molecule has 8 nitrogen and oxygen atoms in total. The molecule has 3 N–H and O–H groups in total. The summed E-state index contributed by atoms with van der Waals surface area (Å²) in [7, 11) is -4.70. The van der Waals surface area contributed by atoms with Crippen LogP contribution in [-0.4, -0.2) is 35.1 Å². The lowest BCUT2D eigenvalue weighted by molar-refractivity contribution is -0.132. The molecule has 1 aliphatic carbocycles. The zero-order chi connectivity index (χ0) is 21.0. The monoisotopic (exact) mass is 414 g/mol. The minimum absolute atomic E-state index is 0.342. The molecule has 0 unspecified atom stereocenters. The van der Waals surface area contributed by atoms with Crippen molar-refractivity contribution in [2.24, 2.45) is 0 Å². The molecule has 156 valence electrons. The maximum absolute atomic E-state index is 10.8. The lowest BCUT2D eigenvalue weighted by Crippen LogP contribution is -2.10. The van der Waals surface area contributed by atoms with Gasteiger partial charge in [-0.25, -0.2) is 9.59 Å². The van der Waals surface area contributed by atoms with Gasteiger partial charge in [0.1, 0.15) is 5.56 Å². The van der Waals surface area contributed by atoms with Gasteiger partial charge in [0.25, 0.3) is 0 Å². The second kappa shape index (κ2) is 12.1. The van der Waals surface area contributed by atoms with Crippen LogP contribution in [0.2, 0.25) is 0 Å². The summed E-state index contributed by atoms with van der Waals surface area (Å²) in [6.45, 7) is 0. The standard InChI is InChI=1S/C12H20O2.C7H6O6S/c13-12(14)11-9-7-5-3-1-2-4-6-8-10-11;8-7(9)5-3-1-2-4-6(5)13-14(10,11)12/h9H,1-8,10H2,(H,13,14);1-4H,(H,8,9)(H,10,11,12)/b11-9+;. The molecule has 0 fully saturated rings. The van der Waals surface area contributed by atoms with Gasteiger partial charge in [-0.3, -0.25) is 4.55 Å². The van der Waals surface area contributed by atoms with E-state index in [0.717, 1.165) is 37.8 Å². The maximum Gasteiger partial charge on any atom is 0.446 e. The average Bonchev–Trinajstić information content (AvgIpc) is 2.66. The topological polar surface area (TPSA) is 138 Å². The third-order valence-corrected chi connectivity index (χ3v) is 4.52. The van der Waals surface area contributed by atoms with Crippen LogP contribution in [0.3, 0.4) is 0 Å². The van der Waals surface area contributed by atoms with Crippen LogP contribution >= 0.6 is 0 Å². The molecular weight excluding hydrogens is 388 g/mol. The predicted molar refractivity (Wildman–Crippen MR) is 103 cm³/mol. The van der Waals surface area contributed by atoms with Crippen molar-refractivity contribution in [3.8, 4) is 5.75 Å². The van der Waals surface area contributed by atoms with Gasteiger partial charge in [-0.2, -0.15) is 8.42 Å². The Kier molecular flexibility index (Phi) is 10.3. The van der Waals surface area contributed by atoms with Gasteiger partial charge >= 0.3 is 22.3 Å². The minimum atomic E-state index is -4.70. The summed E-state index contributed by atoms with van der Waals surface area (Å²) in [5.74, 6) is -2.49. The number of hydrogen-bond acceptors (Lipinski definition) is 5. The summed E-state index contributed by atoms with van der Waals surface area (Å²) in [5.41, 5.74) is 0.289. The Hall–Kier alpha value is -2.39. The molecule has 0 aliphatic heterocycles. The van der Waals surface area contributed by atoms with Crippen molar-refractivity contribution in [1.29, 1.82) is 0 Å². The quantitative estimate of drug-likeness (QED) is 0.626. The molecule has 0 spiro atoms. The number of rotatable bonds is 4. The van der Waals surface area contributed by atoms with Crippen molar-refractivity contribution >= 4 is 22.3 Å². The van der Waals surface area contributed by atoms with Crippen molar-refractivity contribution in [2.45, 2.75) is 57.8 Å². The molecule has 1 aliphatic rings. The van der Waals surface area contributed by atoms with Crippen LogP contribution in [-0.2, 0) is 15.2 Å². The molecule has 0 heterocycles. The third-order valence-electron chi connectivity index (χ3n) is 4.13. The van der Waals surface area contributed by atoms with Crippen LogP contribution in [0.15, 0.2) is 35.9 Å². The van der Waals surface area contributed by atoms with Crippen LogP contribution in [0.1, 0.15) is 68.1 Å². The van der Waals surface area contributed by atoms with Gasteiger partial charge < -0.3 is 14.4 Å². The number of hydrogen-bond donors (Lipinski definition) is 3. The summed E-state index contributed by atoms with van der Waals surface area (Å²) < 4.78 is 33.0. The van der Waals surface area contributed by atoms with E-state index in [1.54, 1.807) is 0 Å². The summed E-state index contributed by atoms with van der Waals surface area (Å²) in [5, 5.41) is 17.5. The van der Waals surface area contributed by atoms with Crippen molar-refractivity contribution in [3.63, 3.8) is 0 Å². The van der Waals surface area contributed by atoms with Crippen molar-refractivity contribution in [2.75, 3.05) is 0 Å². The molecule has 0 saturated heterocycles. The van der Waals surface area contributed by atoms with Crippen LogP contribution in [0.25, 0.3) is 0 Å². The van der Waals surface area contributed by atoms with E-state index in [1.165, 1.54) is 44.2 Å². The van der Waals surface area contributed by atoms with Crippen molar-refractivity contribution in [1.82, 2.24) is 0 Å². The van der Waals surface area contributed by atoms with E-state index in [0.29, 0.717) is 5.57 Å². The Morgan fingerprint density at radius 3 is 2.00 bits per heavy atom. The van der Waals surface area contributed by atoms with Crippen LogP contribution in [0.5, 0.6) is 5.75 Å². The first-order valence-corrected chi connectivity index (χ1v) is 10.5.